The van der Waals surface area contributed by atoms with Crippen molar-refractivity contribution in [1.82, 2.24) is 0 Å². The van der Waals surface area contributed by atoms with Crippen LogP contribution in [0.25, 0.3) is 0 Å². The molecule has 1 N–H and O–H groups in total. The summed E-state index contributed by atoms with van der Waals surface area (Å²) in [6.45, 7) is 4.77. The molecular formula is C10H13O3P. The number of allylic oxidation sites excluding steroid dienone is 1. The minimum atomic E-state index is -3.47. The normalized spacial score (nSPS) is 14.4. The van der Waals surface area contributed by atoms with E-state index >= 15 is 0 Å². The second kappa shape index (κ2) is 4.45. The fourth-order valence-corrected chi connectivity index (χ4v) is 1.64. The molecule has 1 aromatic rings. The van der Waals surface area contributed by atoms with Crippen LogP contribution in [-0.4, -0.2) is 11.6 Å². The van der Waals surface area contributed by atoms with Gasteiger partial charge in [-0.15, -0.1) is 6.58 Å². The maximum absolute atomic E-state index is 11.0. The van der Waals surface area contributed by atoms with Crippen molar-refractivity contribution in [2.24, 2.45) is 0 Å². The molecule has 76 valence electrons. The Bertz CT molecular complexity index is 367. The molecule has 0 fully saturated rings. The van der Waals surface area contributed by atoms with Crippen molar-refractivity contribution in [2.45, 2.75) is 6.42 Å². The maximum Gasteiger partial charge on any atom is 0.373 e. The van der Waals surface area contributed by atoms with Gasteiger partial charge < -0.3 is 9.42 Å². The Labute approximate surface area is 83.6 Å². The number of hydrogen-bond donors (Lipinski definition) is 1. The summed E-state index contributed by atoms with van der Waals surface area (Å²) in [4.78, 5) is 9.07. The van der Waals surface area contributed by atoms with Crippen LogP contribution in [0.2, 0.25) is 0 Å². The third-order valence-electron chi connectivity index (χ3n) is 1.60. The van der Waals surface area contributed by atoms with Gasteiger partial charge in [-0.2, -0.15) is 0 Å². The number of para-hydroxylation sites is 1. The molecule has 0 aromatic heterocycles. The van der Waals surface area contributed by atoms with Gasteiger partial charge in [-0.3, -0.25) is 0 Å². The number of benzene rings is 1. The minimum absolute atomic E-state index is 0.445. The lowest BCUT2D eigenvalue weighted by molar-refractivity contribution is 0.386. The highest BCUT2D eigenvalue weighted by atomic mass is 31.2. The third kappa shape index (κ3) is 3.36. The van der Waals surface area contributed by atoms with Gasteiger partial charge >= 0.3 is 7.60 Å². The number of rotatable bonds is 4. The Kier molecular flexibility index (Phi) is 3.50. The molecule has 0 spiro atoms. The highest BCUT2D eigenvalue weighted by Gasteiger charge is 2.13. The second-order valence-corrected chi connectivity index (χ2v) is 4.78. The zero-order valence-electron chi connectivity index (χ0n) is 8.01. The van der Waals surface area contributed by atoms with Crippen molar-refractivity contribution >= 4 is 7.60 Å². The first kappa shape index (κ1) is 11.0. The van der Waals surface area contributed by atoms with Gasteiger partial charge in [0.25, 0.3) is 0 Å². The average Bonchev–Trinajstić information content (AvgIpc) is 2.06. The molecule has 0 radical (unpaired) electrons. The zero-order valence-corrected chi connectivity index (χ0v) is 8.91. The molecule has 0 aliphatic rings. The van der Waals surface area contributed by atoms with Crippen molar-refractivity contribution in [1.29, 1.82) is 0 Å². The van der Waals surface area contributed by atoms with Gasteiger partial charge in [-0.1, -0.05) is 24.3 Å². The van der Waals surface area contributed by atoms with E-state index in [1.54, 1.807) is 18.2 Å². The topological polar surface area (TPSA) is 46.5 Å². The molecule has 1 atom stereocenters. The van der Waals surface area contributed by atoms with Gasteiger partial charge in [0.2, 0.25) is 0 Å². The summed E-state index contributed by atoms with van der Waals surface area (Å²) in [5.41, 5.74) is 0.860. The first-order valence-corrected chi connectivity index (χ1v) is 6.24. The van der Waals surface area contributed by atoms with E-state index in [9.17, 15) is 4.57 Å². The van der Waals surface area contributed by atoms with E-state index in [1.807, 2.05) is 12.1 Å². The van der Waals surface area contributed by atoms with Crippen LogP contribution in [0.1, 0.15) is 5.56 Å². The van der Waals surface area contributed by atoms with E-state index in [0.717, 1.165) is 12.2 Å². The fraction of sp³-hybridized carbons (Fsp3) is 0.200. The zero-order chi connectivity index (χ0) is 10.6. The summed E-state index contributed by atoms with van der Waals surface area (Å²) >= 11 is 0. The Morgan fingerprint density at radius 3 is 2.79 bits per heavy atom. The molecule has 0 saturated carbocycles. The predicted molar refractivity (Wildman–Crippen MR) is 56.7 cm³/mol. The Morgan fingerprint density at radius 1 is 1.57 bits per heavy atom. The van der Waals surface area contributed by atoms with Gasteiger partial charge in [-0.25, -0.2) is 4.57 Å². The quantitative estimate of drug-likeness (QED) is 0.616. The Morgan fingerprint density at radius 2 is 2.21 bits per heavy atom. The molecule has 14 heavy (non-hydrogen) atoms. The molecule has 1 rings (SSSR count). The van der Waals surface area contributed by atoms with Crippen LogP contribution in [0.5, 0.6) is 5.75 Å². The van der Waals surface area contributed by atoms with Gasteiger partial charge in [-0.05, 0) is 18.1 Å². The van der Waals surface area contributed by atoms with Crippen LogP contribution in [0.3, 0.4) is 0 Å². The molecule has 0 bridgehead atoms. The van der Waals surface area contributed by atoms with Crippen molar-refractivity contribution in [2.75, 3.05) is 6.66 Å². The molecule has 1 unspecified atom stereocenters. The first-order valence-electron chi connectivity index (χ1n) is 4.21. The van der Waals surface area contributed by atoms with Gasteiger partial charge in [0.1, 0.15) is 5.75 Å². The average molecular weight is 212 g/mol. The van der Waals surface area contributed by atoms with Crippen molar-refractivity contribution < 1.29 is 14.0 Å². The molecular weight excluding hydrogens is 199 g/mol. The molecule has 0 aliphatic heterocycles. The molecule has 3 nitrogen and oxygen atoms in total. The molecule has 0 amide bonds. The Hall–Kier alpha value is -1.05. The lowest BCUT2D eigenvalue weighted by Gasteiger charge is -2.11. The van der Waals surface area contributed by atoms with E-state index < -0.39 is 7.60 Å². The van der Waals surface area contributed by atoms with Gasteiger partial charge in [0.15, 0.2) is 0 Å². The number of hydrogen-bond acceptors (Lipinski definition) is 2. The molecule has 4 heteroatoms. The van der Waals surface area contributed by atoms with Crippen LogP contribution in [0.15, 0.2) is 36.9 Å². The van der Waals surface area contributed by atoms with Crippen LogP contribution in [0, 0.1) is 0 Å². The predicted octanol–water partition coefficient (Wildman–Crippen LogP) is 2.61. The highest BCUT2D eigenvalue weighted by Crippen LogP contribution is 2.39. The van der Waals surface area contributed by atoms with Crippen molar-refractivity contribution in [3.05, 3.63) is 42.5 Å². The van der Waals surface area contributed by atoms with E-state index in [-0.39, 0.29) is 0 Å². The lowest BCUT2D eigenvalue weighted by Crippen LogP contribution is -1.93. The van der Waals surface area contributed by atoms with Crippen LogP contribution in [0.4, 0.5) is 0 Å². The summed E-state index contributed by atoms with van der Waals surface area (Å²) in [6.07, 6.45) is 2.34. The van der Waals surface area contributed by atoms with Gasteiger partial charge in [0.05, 0.1) is 0 Å². The van der Waals surface area contributed by atoms with Crippen molar-refractivity contribution in [3.8, 4) is 5.75 Å². The smallest absolute Gasteiger partial charge is 0.373 e. The first-order chi connectivity index (χ1) is 6.53. The minimum Gasteiger partial charge on any atom is -0.424 e. The van der Waals surface area contributed by atoms with Gasteiger partial charge in [0, 0.05) is 6.66 Å². The summed E-state index contributed by atoms with van der Waals surface area (Å²) in [5, 5.41) is 0. The van der Waals surface area contributed by atoms with Crippen LogP contribution >= 0.6 is 7.60 Å². The fourth-order valence-electron chi connectivity index (χ4n) is 1.10. The molecule has 1 aromatic carbocycles. The third-order valence-corrected chi connectivity index (χ3v) is 2.14. The molecule has 0 aliphatic carbocycles. The maximum atomic E-state index is 11.0. The standard InChI is InChI=1S/C10H13O3P/c1-3-6-9-7-4-5-8-10(9)13-14(2,11)12/h3-5,7-8H,1,6H2,2H3,(H,11,12). The largest absolute Gasteiger partial charge is 0.424 e. The summed E-state index contributed by atoms with van der Waals surface area (Å²) in [6, 6.07) is 7.12. The highest BCUT2D eigenvalue weighted by molar-refractivity contribution is 7.52. The van der Waals surface area contributed by atoms with Crippen LogP contribution < -0.4 is 4.52 Å². The lowest BCUT2D eigenvalue weighted by atomic mass is 10.1. The van der Waals surface area contributed by atoms with E-state index in [1.165, 1.54) is 0 Å². The Balaban J connectivity index is 2.95. The second-order valence-electron chi connectivity index (χ2n) is 2.99. The molecule has 0 heterocycles. The summed E-state index contributed by atoms with van der Waals surface area (Å²) in [5.74, 6) is 0.445. The van der Waals surface area contributed by atoms with E-state index in [4.69, 9.17) is 9.42 Å². The summed E-state index contributed by atoms with van der Waals surface area (Å²) in [7, 11) is -3.47. The molecule has 0 saturated heterocycles. The SMILES string of the molecule is C=CCc1ccccc1OP(C)(=O)O. The van der Waals surface area contributed by atoms with E-state index in [0.29, 0.717) is 12.2 Å². The summed E-state index contributed by atoms with van der Waals surface area (Å²) < 4.78 is 16.0. The van der Waals surface area contributed by atoms with Crippen LogP contribution in [-0.2, 0) is 11.0 Å². The monoisotopic (exact) mass is 212 g/mol. The van der Waals surface area contributed by atoms with E-state index in [2.05, 4.69) is 6.58 Å². The van der Waals surface area contributed by atoms with Crippen molar-refractivity contribution in [3.63, 3.8) is 0 Å².